The molecular formula is C85H146O17P2. The molecule has 0 heterocycles. The summed E-state index contributed by atoms with van der Waals surface area (Å²) in [5.74, 6) is -2.24. The normalized spacial score (nSPS) is 14.5. The number of ether oxygens (including phenoxy) is 4. The van der Waals surface area contributed by atoms with E-state index in [0.717, 1.165) is 180 Å². The standard InChI is InChI=1S/C85H146O17P2/c1-5-9-13-17-21-25-29-33-37-38-39-40-44-46-50-54-58-62-66-70-83(88)96-76-81(102-85(90)72-68-64-60-56-52-48-43-36-32-28-24-20-16-12-8-4)78-100-104(93,94)98-74-79(86)73-97-103(91,92)99-77-80(101-84(89)71-67-63-59-55-51-47-42-35-31-27-23-19-15-11-7-3)75-95-82(87)69-65-61-57-53-49-45-41-34-30-26-22-18-14-10-6-2/h9,12-13,16,21,24-25,28,33-37,39-43,46,50,79-81,86H,5-8,10-11,14-15,17-20,22-23,26-27,29-32,38,44-45,47-49,51-78H2,1-4H3,(H,91,92)(H,93,94)/b13-9-,16-12-,25-21-,28-24-,37-33-,40-39-,41-34-,42-35-,43-36-,50-46-. The molecule has 104 heavy (non-hydrogen) atoms. The average molecular weight is 1500 g/mol. The molecule has 0 rings (SSSR count). The molecule has 19 heteroatoms. The van der Waals surface area contributed by atoms with Crippen LogP contribution in [0.4, 0.5) is 0 Å². The number of hydrogen-bond acceptors (Lipinski definition) is 15. The lowest BCUT2D eigenvalue weighted by Gasteiger charge is -2.21. The Bertz CT molecular complexity index is 2440. The van der Waals surface area contributed by atoms with Crippen LogP contribution in [-0.2, 0) is 65.4 Å². The van der Waals surface area contributed by atoms with Gasteiger partial charge in [-0.3, -0.25) is 37.3 Å². The number of phosphoric acid groups is 2. The van der Waals surface area contributed by atoms with Crippen molar-refractivity contribution in [1.29, 1.82) is 0 Å². The quantitative estimate of drug-likeness (QED) is 0.0169. The summed E-state index contributed by atoms with van der Waals surface area (Å²) in [6.07, 6.45) is 84.6. The number of carbonyl (C=O) groups is 4. The van der Waals surface area contributed by atoms with Crippen molar-refractivity contribution in [2.45, 2.75) is 354 Å². The second-order valence-corrected chi connectivity index (χ2v) is 29.8. The zero-order chi connectivity index (χ0) is 76.0. The van der Waals surface area contributed by atoms with Crippen LogP contribution in [-0.4, -0.2) is 96.7 Å². The van der Waals surface area contributed by atoms with Crippen molar-refractivity contribution in [2.75, 3.05) is 39.6 Å². The zero-order valence-electron chi connectivity index (χ0n) is 65.4. The van der Waals surface area contributed by atoms with E-state index >= 15 is 0 Å². The lowest BCUT2D eigenvalue weighted by atomic mass is 10.1. The molecule has 0 spiro atoms. The summed E-state index contributed by atoms with van der Waals surface area (Å²) in [6, 6.07) is 0. The van der Waals surface area contributed by atoms with E-state index in [0.29, 0.717) is 25.7 Å². The summed E-state index contributed by atoms with van der Waals surface area (Å²) < 4.78 is 68.6. The lowest BCUT2D eigenvalue weighted by Crippen LogP contribution is -2.30. The van der Waals surface area contributed by atoms with Crippen molar-refractivity contribution in [3.63, 3.8) is 0 Å². The highest BCUT2D eigenvalue weighted by Crippen LogP contribution is 2.45. The molecule has 0 aliphatic rings. The highest BCUT2D eigenvalue weighted by Gasteiger charge is 2.30. The Kier molecular flexibility index (Phi) is 73.3. The molecule has 0 saturated heterocycles. The van der Waals surface area contributed by atoms with E-state index in [-0.39, 0.29) is 25.7 Å². The van der Waals surface area contributed by atoms with E-state index in [4.69, 9.17) is 37.0 Å². The number of aliphatic hydroxyl groups excluding tert-OH is 1. The Morgan fingerprint density at radius 3 is 0.788 bits per heavy atom. The van der Waals surface area contributed by atoms with Gasteiger partial charge in [-0.2, -0.15) is 0 Å². The van der Waals surface area contributed by atoms with Crippen LogP contribution >= 0.6 is 15.6 Å². The van der Waals surface area contributed by atoms with Crippen molar-refractivity contribution in [2.24, 2.45) is 0 Å². The third-order valence-electron chi connectivity index (χ3n) is 16.9. The fourth-order valence-electron chi connectivity index (χ4n) is 10.7. The molecule has 5 atom stereocenters. The molecule has 0 radical (unpaired) electrons. The molecule has 3 N–H and O–H groups in total. The topological polar surface area (TPSA) is 237 Å². The number of phosphoric ester groups is 2. The highest BCUT2D eigenvalue weighted by atomic mass is 31.2. The van der Waals surface area contributed by atoms with E-state index in [9.17, 15) is 43.2 Å². The maximum atomic E-state index is 13.1. The predicted molar refractivity (Wildman–Crippen MR) is 427 cm³/mol. The smallest absolute Gasteiger partial charge is 0.462 e. The summed E-state index contributed by atoms with van der Waals surface area (Å²) in [6.45, 7) is 4.59. The lowest BCUT2D eigenvalue weighted by molar-refractivity contribution is -0.161. The molecule has 0 saturated carbocycles. The van der Waals surface area contributed by atoms with Crippen LogP contribution < -0.4 is 0 Å². The van der Waals surface area contributed by atoms with E-state index in [1.807, 2.05) is 0 Å². The van der Waals surface area contributed by atoms with Crippen LogP contribution in [0.15, 0.2) is 122 Å². The first-order valence-electron chi connectivity index (χ1n) is 40.8. The van der Waals surface area contributed by atoms with Gasteiger partial charge < -0.3 is 33.8 Å². The molecule has 0 aromatic rings. The van der Waals surface area contributed by atoms with Gasteiger partial charge >= 0.3 is 39.5 Å². The van der Waals surface area contributed by atoms with Gasteiger partial charge in [0.1, 0.15) is 19.3 Å². The van der Waals surface area contributed by atoms with Crippen LogP contribution in [0.25, 0.3) is 0 Å². The maximum Gasteiger partial charge on any atom is 0.472 e. The summed E-state index contributed by atoms with van der Waals surface area (Å²) in [5, 5.41) is 10.6. The second kappa shape index (κ2) is 76.6. The van der Waals surface area contributed by atoms with Crippen molar-refractivity contribution in [1.82, 2.24) is 0 Å². The number of carbonyl (C=O) groups excluding carboxylic acids is 4. The molecule has 0 amide bonds. The first-order valence-corrected chi connectivity index (χ1v) is 43.8. The average Bonchev–Trinajstić information content (AvgIpc) is 0.918. The van der Waals surface area contributed by atoms with E-state index < -0.39 is 97.5 Å². The minimum absolute atomic E-state index is 0.0651. The van der Waals surface area contributed by atoms with Gasteiger partial charge in [0.2, 0.25) is 0 Å². The SMILES string of the molecule is CC/C=C\C/C=C\C/C=C\C/C=C\C/C=C\CCCCCC(=O)OCC(COP(=O)(O)OCC(O)COP(=O)(O)OCC(COC(=O)CCCCCCC/C=C\CCCCCCCC)OC(=O)CCCCCCC/C=C\CCCCCCCC)OC(=O)CCCCCCC/C=C\C/C=C\C/C=C\CC. The summed E-state index contributed by atoms with van der Waals surface area (Å²) >= 11 is 0. The number of esters is 4. The molecule has 0 fully saturated rings. The number of aliphatic hydroxyl groups is 1. The second-order valence-electron chi connectivity index (χ2n) is 26.9. The van der Waals surface area contributed by atoms with Gasteiger partial charge in [0.05, 0.1) is 26.4 Å². The fraction of sp³-hybridized carbons (Fsp3) is 0.718. The molecule has 0 aliphatic heterocycles. The first kappa shape index (κ1) is 99.5. The molecule has 0 aromatic heterocycles. The van der Waals surface area contributed by atoms with Crippen LogP contribution in [0, 0.1) is 0 Å². The van der Waals surface area contributed by atoms with Gasteiger partial charge in [-0.1, -0.05) is 278 Å². The largest absolute Gasteiger partial charge is 0.472 e. The molecule has 17 nitrogen and oxygen atoms in total. The Morgan fingerprint density at radius 2 is 0.500 bits per heavy atom. The van der Waals surface area contributed by atoms with Gasteiger partial charge in [0, 0.05) is 25.7 Å². The summed E-state index contributed by atoms with van der Waals surface area (Å²) in [5.41, 5.74) is 0. The summed E-state index contributed by atoms with van der Waals surface area (Å²) in [7, 11) is -9.98. The van der Waals surface area contributed by atoms with Crippen molar-refractivity contribution < 1.29 is 80.2 Å². The molecule has 0 aliphatic carbocycles. The molecule has 5 unspecified atom stereocenters. The van der Waals surface area contributed by atoms with E-state index in [1.54, 1.807) is 0 Å². The van der Waals surface area contributed by atoms with E-state index in [1.165, 1.54) is 77.0 Å². The Labute approximate surface area is 632 Å². The van der Waals surface area contributed by atoms with Crippen molar-refractivity contribution in [3.05, 3.63) is 122 Å². The van der Waals surface area contributed by atoms with Crippen molar-refractivity contribution >= 4 is 39.5 Å². The third kappa shape index (κ3) is 75.7. The minimum atomic E-state index is -4.99. The Morgan fingerprint density at radius 1 is 0.279 bits per heavy atom. The minimum Gasteiger partial charge on any atom is -0.462 e. The van der Waals surface area contributed by atoms with Gasteiger partial charge in [0.25, 0.3) is 0 Å². The van der Waals surface area contributed by atoms with Crippen molar-refractivity contribution in [3.8, 4) is 0 Å². The van der Waals surface area contributed by atoms with E-state index in [2.05, 4.69) is 149 Å². The first-order chi connectivity index (χ1) is 50.7. The summed E-state index contributed by atoms with van der Waals surface area (Å²) in [4.78, 5) is 73.1. The van der Waals surface area contributed by atoms with Crippen LogP contribution in [0.1, 0.15) is 336 Å². The van der Waals surface area contributed by atoms with Crippen LogP contribution in [0.3, 0.4) is 0 Å². The maximum absolute atomic E-state index is 13.1. The molecular weight excluding hydrogens is 1350 g/mol. The van der Waals surface area contributed by atoms with Gasteiger partial charge in [-0.15, -0.1) is 0 Å². The number of unbranched alkanes of at least 4 members (excludes halogenated alkanes) is 30. The Hall–Kier alpha value is -4.54. The third-order valence-corrected chi connectivity index (χ3v) is 18.8. The number of rotatable bonds is 76. The van der Waals surface area contributed by atoms with Gasteiger partial charge in [-0.25, -0.2) is 9.13 Å². The molecule has 0 bridgehead atoms. The highest BCUT2D eigenvalue weighted by molar-refractivity contribution is 7.47. The van der Waals surface area contributed by atoms with Gasteiger partial charge in [0.15, 0.2) is 12.2 Å². The predicted octanol–water partition coefficient (Wildman–Crippen LogP) is 23.9. The Balaban J connectivity index is 5.41. The fourth-order valence-corrected chi connectivity index (χ4v) is 12.3. The zero-order valence-corrected chi connectivity index (χ0v) is 67.2. The number of hydrogen-bond donors (Lipinski definition) is 3. The van der Waals surface area contributed by atoms with Gasteiger partial charge in [-0.05, 0) is 154 Å². The van der Waals surface area contributed by atoms with Crippen LogP contribution in [0.2, 0.25) is 0 Å². The van der Waals surface area contributed by atoms with Crippen LogP contribution in [0.5, 0.6) is 0 Å². The number of allylic oxidation sites excluding steroid dienone is 20. The molecule has 0 aromatic carbocycles. The molecule has 598 valence electrons. The monoisotopic (exact) mass is 1500 g/mol.